The van der Waals surface area contributed by atoms with E-state index in [4.69, 9.17) is 9.47 Å². The third kappa shape index (κ3) is 3.04. The molecule has 1 fully saturated rings. The predicted molar refractivity (Wildman–Crippen MR) is 82.4 cm³/mol. The number of benzene rings is 1. The summed E-state index contributed by atoms with van der Waals surface area (Å²) in [4.78, 5) is 15.1. The summed E-state index contributed by atoms with van der Waals surface area (Å²) in [5.74, 6) is 1.47. The van der Waals surface area contributed by atoms with Crippen LogP contribution in [-0.2, 0) is 6.54 Å². The monoisotopic (exact) mass is 319 g/mol. The molecule has 22 heavy (non-hydrogen) atoms. The third-order valence-electron chi connectivity index (χ3n) is 3.65. The van der Waals surface area contributed by atoms with Gasteiger partial charge in [0.05, 0.1) is 27.0 Å². The minimum atomic E-state index is -0.0256. The Labute approximate surface area is 132 Å². The van der Waals surface area contributed by atoms with Crippen molar-refractivity contribution in [3.63, 3.8) is 0 Å². The van der Waals surface area contributed by atoms with E-state index >= 15 is 0 Å². The van der Waals surface area contributed by atoms with E-state index in [-0.39, 0.29) is 11.9 Å². The first-order valence-electron chi connectivity index (χ1n) is 7.02. The van der Waals surface area contributed by atoms with Crippen LogP contribution in [0, 0.1) is 0 Å². The van der Waals surface area contributed by atoms with E-state index in [1.807, 2.05) is 23.1 Å². The average molecular weight is 319 g/mol. The van der Waals surface area contributed by atoms with Gasteiger partial charge in [0.25, 0.3) is 5.91 Å². The molecule has 1 aromatic carbocycles. The van der Waals surface area contributed by atoms with Gasteiger partial charge in [0, 0.05) is 11.6 Å². The van der Waals surface area contributed by atoms with Crippen molar-refractivity contribution in [2.45, 2.75) is 25.4 Å². The highest BCUT2D eigenvalue weighted by Crippen LogP contribution is 2.33. The summed E-state index contributed by atoms with van der Waals surface area (Å²) in [6.45, 7) is 0.488. The van der Waals surface area contributed by atoms with Crippen LogP contribution < -0.4 is 9.47 Å². The van der Waals surface area contributed by atoms with Crippen LogP contribution in [0.1, 0.15) is 28.1 Å². The van der Waals surface area contributed by atoms with Crippen LogP contribution in [0.25, 0.3) is 0 Å². The van der Waals surface area contributed by atoms with E-state index in [1.165, 1.54) is 6.20 Å². The molecular weight excluding hydrogens is 302 g/mol. The lowest BCUT2D eigenvalue weighted by Crippen LogP contribution is -2.32. The molecule has 0 bridgehead atoms. The highest BCUT2D eigenvalue weighted by Gasteiger charge is 2.34. The highest BCUT2D eigenvalue weighted by molar-refractivity contribution is 7.07. The first-order valence-corrected chi connectivity index (χ1v) is 7.79. The van der Waals surface area contributed by atoms with Crippen LogP contribution in [0.3, 0.4) is 0 Å². The fraction of sp³-hybridized carbons (Fsp3) is 0.400. The minimum absolute atomic E-state index is 0.0256. The van der Waals surface area contributed by atoms with Gasteiger partial charge in [-0.2, -0.15) is 0 Å². The second kappa shape index (κ2) is 6.31. The standard InChI is InChI=1S/C15H17N3O3S/c1-20-12-5-6-13(21-2)10(7-12)9-18(11-3-4-11)15(19)14-8-16-17-22-14/h5-8,11H,3-4,9H2,1-2H3. The van der Waals surface area contributed by atoms with Gasteiger partial charge in [-0.05, 0) is 42.6 Å². The topological polar surface area (TPSA) is 64.6 Å². The van der Waals surface area contributed by atoms with Gasteiger partial charge in [-0.3, -0.25) is 4.79 Å². The van der Waals surface area contributed by atoms with Crippen LogP contribution in [-0.4, -0.2) is 40.7 Å². The number of amides is 1. The zero-order valence-electron chi connectivity index (χ0n) is 12.5. The van der Waals surface area contributed by atoms with Gasteiger partial charge >= 0.3 is 0 Å². The van der Waals surface area contributed by atoms with E-state index in [2.05, 4.69) is 9.59 Å². The van der Waals surface area contributed by atoms with Gasteiger partial charge < -0.3 is 14.4 Å². The van der Waals surface area contributed by atoms with E-state index in [0.717, 1.165) is 41.4 Å². The molecule has 1 aliphatic rings. The van der Waals surface area contributed by atoms with E-state index in [0.29, 0.717) is 11.4 Å². The van der Waals surface area contributed by atoms with Crippen molar-refractivity contribution in [2.75, 3.05) is 14.2 Å². The van der Waals surface area contributed by atoms with Gasteiger partial charge in [0.15, 0.2) is 0 Å². The molecule has 1 heterocycles. The summed E-state index contributed by atoms with van der Waals surface area (Å²) < 4.78 is 14.4. The number of rotatable bonds is 6. The van der Waals surface area contributed by atoms with Crippen LogP contribution in [0.5, 0.6) is 11.5 Å². The summed E-state index contributed by atoms with van der Waals surface area (Å²) in [6.07, 6.45) is 3.58. The predicted octanol–water partition coefficient (Wildman–Crippen LogP) is 2.36. The SMILES string of the molecule is COc1ccc(OC)c(CN(C(=O)c2cnns2)C2CC2)c1. The first kappa shape index (κ1) is 14.8. The summed E-state index contributed by atoms with van der Waals surface area (Å²) in [5, 5.41) is 3.75. The first-order chi connectivity index (χ1) is 10.7. The lowest BCUT2D eigenvalue weighted by Gasteiger charge is -2.23. The Hall–Kier alpha value is -2.15. The van der Waals surface area contributed by atoms with Gasteiger partial charge in [-0.25, -0.2) is 0 Å². The zero-order valence-corrected chi connectivity index (χ0v) is 13.3. The molecule has 1 saturated carbocycles. The number of hydrogen-bond acceptors (Lipinski definition) is 6. The second-order valence-electron chi connectivity index (χ2n) is 5.12. The number of carbonyl (C=O) groups is 1. The molecule has 6 nitrogen and oxygen atoms in total. The van der Waals surface area contributed by atoms with E-state index < -0.39 is 0 Å². The quantitative estimate of drug-likeness (QED) is 0.818. The maximum absolute atomic E-state index is 12.6. The van der Waals surface area contributed by atoms with Gasteiger partial charge in [0.1, 0.15) is 16.4 Å². The summed E-state index contributed by atoms with van der Waals surface area (Å²) in [7, 11) is 3.25. The van der Waals surface area contributed by atoms with Crippen LogP contribution in [0.2, 0.25) is 0 Å². The Kier molecular flexibility index (Phi) is 4.24. The van der Waals surface area contributed by atoms with Crippen molar-refractivity contribution < 1.29 is 14.3 Å². The number of nitrogens with zero attached hydrogens (tertiary/aromatic N) is 3. The Balaban J connectivity index is 1.86. The molecule has 2 aromatic rings. The Morgan fingerprint density at radius 2 is 2.18 bits per heavy atom. The summed E-state index contributed by atoms with van der Waals surface area (Å²) in [5.41, 5.74) is 0.930. The van der Waals surface area contributed by atoms with Crippen molar-refractivity contribution in [1.82, 2.24) is 14.5 Å². The third-order valence-corrected chi connectivity index (χ3v) is 4.30. The number of methoxy groups -OCH3 is 2. The maximum Gasteiger partial charge on any atom is 0.267 e. The van der Waals surface area contributed by atoms with E-state index in [9.17, 15) is 4.79 Å². The molecule has 0 unspecified atom stereocenters. The molecule has 0 atom stereocenters. The molecule has 1 amide bonds. The largest absolute Gasteiger partial charge is 0.497 e. The molecule has 3 rings (SSSR count). The molecular formula is C15H17N3O3S. The summed E-state index contributed by atoms with van der Waals surface area (Å²) >= 11 is 1.12. The highest BCUT2D eigenvalue weighted by atomic mass is 32.1. The number of aromatic nitrogens is 2. The fourth-order valence-corrected chi connectivity index (χ4v) is 2.82. The second-order valence-corrected chi connectivity index (χ2v) is 5.91. The molecule has 1 aliphatic carbocycles. The Morgan fingerprint density at radius 3 is 2.77 bits per heavy atom. The molecule has 0 N–H and O–H groups in total. The van der Waals surface area contributed by atoms with E-state index in [1.54, 1.807) is 14.2 Å². The van der Waals surface area contributed by atoms with Crippen molar-refractivity contribution in [3.05, 3.63) is 34.8 Å². The van der Waals surface area contributed by atoms with Crippen molar-refractivity contribution >= 4 is 17.4 Å². The van der Waals surface area contributed by atoms with Crippen LogP contribution >= 0.6 is 11.5 Å². The molecule has 0 saturated heterocycles. The molecule has 1 aromatic heterocycles. The number of hydrogen-bond donors (Lipinski definition) is 0. The average Bonchev–Trinajstić information content (AvgIpc) is 3.24. The van der Waals surface area contributed by atoms with Crippen molar-refractivity contribution in [3.8, 4) is 11.5 Å². The van der Waals surface area contributed by atoms with Gasteiger partial charge in [0.2, 0.25) is 0 Å². The summed E-state index contributed by atoms with van der Waals surface area (Å²) in [6, 6.07) is 5.90. The van der Waals surface area contributed by atoms with Gasteiger partial charge in [-0.1, -0.05) is 4.49 Å². The lowest BCUT2D eigenvalue weighted by molar-refractivity contribution is 0.0733. The van der Waals surface area contributed by atoms with Crippen molar-refractivity contribution in [1.29, 1.82) is 0 Å². The zero-order chi connectivity index (χ0) is 15.5. The fourth-order valence-electron chi connectivity index (χ4n) is 2.34. The molecule has 0 spiro atoms. The number of ether oxygens (including phenoxy) is 2. The lowest BCUT2D eigenvalue weighted by atomic mass is 10.1. The molecule has 0 aliphatic heterocycles. The number of carbonyl (C=O) groups excluding carboxylic acids is 1. The smallest absolute Gasteiger partial charge is 0.267 e. The molecule has 0 radical (unpaired) electrons. The molecule has 7 heteroatoms. The van der Waals surface area contributed by atoms with Gasteiger partial charge in [-0.15, -0.1) is 5.10 Å². The Bertz CT molecular complexity index is 656. The van der Waals surface area contributed by atoms with Crippen molar-refractivity contribution in [2.24, 2.45) is 0 Å². The minimum Gasteiger partial charge on any atom is -0.497 e. The normalized spacial score (nSPS) is 13.7. The van der Waals surface area contributed by atoms with Crippen LogP contribution in [0.4, 0.5) is 0 Å². The van der Waals surface area contributed by atoms with Crippen LogP contribution in [0.15, 0.2) is 24.4 Å². The Morgan fingerprint density at radius 1 is 1.36 bits per heavy atom. The molecule has 116 valence electrons. The maximum atomic E-state index is 12.6.